The fourth-order valence-electron chi connectivity index (χ4n) is 13.3. The minimum atomic E-state index is -1.54. The number of aromatic nitrogens is 3. The number of amides is 14. The van der Waals surface area contributed by atoms with Crippen molar-refractivity contribution in [3.05, 3.63) is 84.1 Å². The average Bonchev–Trinajstić information content (AvgIpc) is 1.65. The molecule has 2 aliphatic heterocycles. The number of H-pyrrole nitrogens is 2. The molecule has 2 aliphatic rings. The number of rotatable bonds is 46. The lowest BCUT2D eigenvalue weighted by Gasteiger charge is -2.31. The van der Waals surface area contributed by atoms with Gasteiger partial charge in [-0.2, -0.15) is 0 Å². The first-order valence-electron chi connectivity index (χ1n) is 37.9. The molecular weight excluding hydrogens is 1440 g/mol. The van der Waals surface area contributed by atoms with E-state index in [0.29, 0.717) is 49.8 Å². The van der Waals surface area contributed by atoms with Gasteiger partial charge in [-0.1, -0.05) is 77.8 Å². The summed E-state index contributed by atoms with van der Waals surface area (Å²) >= 11 is 0. The standard InChI is InChI=1S/C75H111N19O17/c1-7-8-16-51(66(101)92-58(75(110)111)34-44-21-23-47(95)24-22-44)87-72(107)60-20-14-31-94(60)74(109)54(26-28-62(79)97)85-63(98)39-82-71(106)59-19-13-30-93(59)73(108)53(18-11-12-29-76)88-70(105)56(33-42(4)5)91-67(102)52(25-27-61(78)96)86-69(104)55(32-41(2)3)89-64(99)43(6)84-68(103)57(36-46-38-80-40-83-46)90-65(100)49(77)35-45-37-81-50-17-10-9-15-48(45)50/h9-10,15,17,21-24,37-38,40-43,49,51-60,81,95H,7-8,11-14,16,18-20,25-36,39,76-77H2,1-6H3,(H2,78,96)(H2,79,97)(H,80,83)(H,82,106)(H,84,103)(H,85,98)(H,86,104)(H,87,107)(H,88,105)(H,89,99)(H,90,100)(H,91,102)(H,92,101)(H,110,111)/t43-,49-,51-,52-,53-,54-,55-,56-,57-,58-,59-,60-/m0/s1. The van der Waals surface area contributed by atoms with Crippen molar-refractivity contribution in [3.8, 4) is 5.75 Å². The minimum Gasteiger partial charge on any atom is -0.508 e. The van der Waals surface area contributed by atoms with E-state index in [4.69, 9.17) is 22.9 Å². The average molecular weight is 1550 g/mol. The van der Waals surface area contributed by atoms with Crippen LogP contribution >= 0.6 is 0 Å². The van der Waals surface area contributed by atoms with Crippen LogP contribution in [0, 0.1) is 11.8 Å². The maximum Gasteiger partial charge on any atom is 0.326 e. The van der Waals surface area contributed by atoms with Crippen molar-refractivity contribution < 1.29 is 82.1 Å². The minimum absolute atomic E-state index is 0.00943. The van der Waals surface area contributed by atoms with Crippen molar-refractivity contribution in [2.75, 3.05) is 26.2 Å². The zero-order valence-corrected chi connectivity index (χ0v) is 63.9. The molecule has 0 radical (unpaired) electrons. The summed E-state index contributed by atoms with van der Waals surface area (Å²) in [6.07, 6.45) is 5.91. The third-order valence-corrected chi connectivity index (χ3v) is 19.3. The van der Waals surface area contributed by atoms with Gasteiger partial charge in [0.05, 0.1) is 18.9 Å². The predicted molar refractivity (Wildman–Crippen MR) is 405 cm³/mol. The highest BCUT2D eigenvalue weighted by Crippen LogP contribution is 2.24. The lowest BCUT2D eigenvalue weighted by Crippen LogP contribution is -2.60. The molecule has 2 aromatic heterocycles. The summed E-state index contributed by atoms with van der Waals surface area (Å²) in [5.41, 5.74) is 25.9. The zero-order chi connectivity index (χ0) is 81.6. The number of phenolic OH excluding ortho intramolecular Hbond substituents is 1. The maximum absolute atomic E-state index is 14.7. The van der Waals surface area contributed by atoms with Gasteiger partial charge in [0, 0.05) is 67.8 Å². The summed E-state index contributed by atoms with van der Waals surface area (Å²) in [6, 6.07) is -2.37. The number of hydrogen-bond acceptors (Lipinski definition) is 19. The molecule has 0 saturated carbocycles. The summed E-state index contributed by atoms with van der Waals surface area (Å²) in [5.74, 6) is -13.1. The second-order valence-electron chi connectivity index (χ2n) is 29.2. The van der Waals surface area contributed by atoms with Gasteiger partial charge in [-0.3, -0.25) is 67.1 Å². The molecule has 111 heavy (non-hydrogen) atoms. The molecule has 0 spiro atoms. The molecule has 4 heterocycles. The monoisotopic (exact) mass is 1550 g/mol. The molecule has 0 aliphatic carbocycles. The first kappa shape index (κ1) is 88.9. The van der Waals surface area contributed by atoms with Crippen LogP contribution in [0.15, 0.2) is 67.3 Å². The molecule has 4 aromatic rings. The highest BCUT2D eigenvalue weighted by Gasteiger charge is 2.42. The Hall–Kier alpha value is -11.0. The molecule has 22 N–H and O–H groups in total. The zero-order valence-electron chi connectivity index (χ0n) is 63.9. The van der Waals surface area contributed by atoms with Gasteiger partial charge in [0.15, 0.2) is 0 Å². The Morgan fingerprint density at radius 1 is 0.550 bits per heavy atom. The number of carbonyl (C=O) groups excluding carboxylic acids is 14. The molecule has 36 nitrogen and oxygen atoms in total. The van der Waals surface area contributed by atoms with E-state index in [0.717, 1.165) is 16.5 Å². The van der Waals surface area contributed by atoms with Gasteiger partial charge in [-0.05, 0) is 138 Å². The van der Waals surface area contributed by atoms with Crippen LogP contribution in [0.25, 0.3) is 10.9 Å². The van der Waals surface area contributed by atoms with Crippen LogP contribution in [0.4, 0.5) is 0 Å². The number of phenols is 1. The van der Waals surface area contributed by atoms with E-state index < -0.39 is 174 Å². The summed E-state index contributed by atoms with van der Waals surface area (Å²) in [6.45, 7) is 9.86. The Balaban J connectivity index is 1.09. The van der Waals surface area contributed by atoms with Crippen LogP contribution in [-0.2, 0) is 91.2 Å². The fourth-order valence-corrected chi connectivity index (χ4v) is 13.3. The Labute approximate surface area is 643 Å². The number of aliphatic carboxylic acids is 1. The third-order valence-electron chi connectivity index (χ3n) is 19.3. The number of carboxylic acid groups (broad SMARTS) is 1. The largest absolute Gasteiger partial charge is 0.508 e. The highest BCUT2D eigenvalue weighted by atomic mass is 16.4. The van der Waals surface area contributed by atoms with Crippen molar-refractivity contribution in [2.24, 2.45) is 34.8 Å². The van der Waals surface area contributed by atoms with Crippen molar-refractivity contribution in [1.82, 2.24) is 77.9 Å². The van der Waals surface area contributed by atoms with Crippen LogP contribution < -0.4 is 76.1 Å². The quantitative estimate of drug-likeness (QED) is 0.0223. The van der Waals surface area contributed by atoms with E-state index >= 15 is 0 Å². The van der Waals surface area contributed by atoms with Crippen molar-refractivity contribution in [1.29, 1.82) is 0 Å². The van der Waals surface area contributed by atoms with Crippen molar-refractivity contribution in [2.45, 2.75) is 236 Å². The number of carboxylic acids is 1. The Kier molecular flexibility index (Phi) is 35.2. The van der Waals surface area contributed by atoms with E-state index in [2.05, 4.69) is 68.1 Å². The fraction of sp³-hybridized carbons (Fsp3) is 0.573. The molecule has 12 atom stereocenters. The number of nitrogens with zero attached hydrogens (tertiary/aromatic N) is 3. The molecule has 0 unspecified atom stereocenters. The number of fused-ring (bicyclic) bond motifs is 1. The molecule has 6 rings (SSSR count). The SMILES string of the molecule is CCCC[C@H](NC(=O)[C@@H]1CCCN1C(=O)[C@H](CCC(N)=O)NC(=O)CNC(=O)[C@@H]1CCCN1C(=O)[C@H](CCCCN)NC(=O)[C@H](CC(C)C)NC(=O)[C@H](CCC(N)=O)NC(=O)[C@H](CC(C)C)NC(=O)[C@H](C)NC(=O)[C@H](Cc1cnc[nH]1)NC(=O)[C@@H](N)Cc1c[nH]c2ccccc12)C(=O)N[C@@H](Cc1ccc(O)cc1)C(=O)O. The molecule has 14 amide bonds. The van der Waals surface area contributed by atoms with Gasteiger partial charge >= 0.3 is 5.97 Å². The van der Waals surface area contributed by atoms with Crippen molar-refractivity contribution in [3.63, 3.8) is 0 Å². The highest BCUT2D eigenvalue weighted by molar-refractivity contribution is 6.00. The van der Waals surface area contributed by atoms with Crippen LogP contribution in [0.2, 0.25) is 0 Å². The number of unbranched alkanes of at least 4 members (excludes halogenated alkanes) is 2. The number of likely N-dealkylation sites (tertiary alicyclic amines) is 2. The second-order valence-corrected chi connectivity index (χ2v) is 29.2. The Morgan fingerprint density at radius 2 is 1.06 bits per heavy atom. The van der Waals surface area contributed by atoms with E-state index in [1.807, 2.05) is 31.2 Å². The second kappa shape index (κ2) is 44.0. The van der Waals surface area contributed by atoms with E-state index in [1.54, 1.807) is 33.9 Å². The Bertz CT molecular complexity index is 3870. The lowest BCUT2D eigenvalue weighted by molar-refractivity contribution is -0.144. The van der Waals surface area contributed by atoms with E-state index in [9.17, 15) is 82.1 Å². The summed E-state index contributed by atoms with van der Waals surface area (Å²) < 4.78 is 0. The summed E-state index contributed by atoms with van der Waals surface area (Å²) in [5, 5.41) is 46.9. The topological polar surface area (TPSA) is 572 Å². The number of nitrogens with one attached hydrogen (secondary N) is 12. The van der Waals surface area contributed by atoms with Crippen LogP contribution in [0.5, 0.6) is 5.75 Å². The number of para-hydroxylation sites is 1. The molecule has 2 aromatic carbocycles. The van der Waals surface area contributed by atoms with Gasteiger partial charge in [-0.25, -0.2) is 9.78 Å². The number of carbonyl (C=O) groups is 15. The molecule has 0 bridgehead atoms. The van der Waals surface area contributed by atoms with Gasteiger partial charge in [0.25, 0.3) is 0 Å². The molecule has 2 fully saturated rings. The normalized spacial score (nSPS) is 16.8. The first-order chi connectivity index (χ1) is 52.8. The van der Waals surface area contributed by atoms with Crippen LogP contribution in [-0.4, -0.2) is 222 Å². The summed E-state index contributed by atoms with van der Waals surface area (Å²) in [7, 11) is 0. The Morgan fingerprint density at radius 3 is 1.63 bits per heavy atom. The van der Waals surface area contributed by atoms with E-state index in [-0.39, 0.29) is 114 Å². The van der Waals surface area contributed by atoms with Gasteiger partial charge < -0.3 is 106 Å². The molecule has 2 saturated heterocycles. The number of primary amides is 2. The van der Waals surface area contributed by atoms with E-state index in [1.165, 1.54) is 53.5 Å². The van der Waals surface area contributed by atoms with Gasteiger partial charge in [-0.15, -0.1) is 0 Å². The maximum atomic E-state index is 14.7. The summed E-state index contributed by atoms with van der Waals surface area (Å²) in [4.78, 5) is 219. The number of imidazole rings is 1. The van der Waals surface area contributed by atoms with Crippen LogP contribution in [0.3, 0.4) is 0 Å². The van der Waals surface area contributed by atoms with Crippen molar-refractivity contribution >= 4 is 99.6 Å². The number of hydrogen-bond donors (Lipinski definition) is 18. The first-order valence-corrected chi connectivity index (χ1v) is 37.9. The number of aromatic amines is 2. The molecule has 608 valence electrons. The molecular formula is C75H111N19O17. The number of benzene rings is 2. The van der Waals surface area contributed by atoms with Gasteiger partial charge in [0.2, 0.25) is 82.7 Å². The third kappa shape index (κ3) is 28.1. The molecule has 36 heteroatoms. The number of nitrogens with two attached hydrogens (primary N) is 4. The smallest absolute Gasteiger partial charge is 0.326 e. The predicted octanol–water partition coefficient (Wildman–Crippen LogP) is -1.54. The number of aromatic hydroxyl groups is 1. The van der Waals surface area contributed by atoms with Crippen LogP contribution in [0.1, 0.15) is 161 Å². The lowest BCUT2D eigenvalue weighted by atomic mass is 10.00. The van der Waals surface area contributed by atoms with Gasteiger partial charge in [0.1, 0.15) is 72.2 Å².